The minimum Gasteiger partial charge on any atom is -0.496 e. The minimum atomic E-state index is -0.736. The van der Waals surface area contributed by atoms with Crippen LogP contribution in [-0.2, 0) is 9.59 Å². The normalized spacial score (nSPS) is 11.5. The Kier molecular flexibility index (Phi) is 12.9. The van der Waals surface area contributed by atoms with Gasteiger partial charge in [0, 0.05) is 50.9 Å². The molecule has 0 aliphatic heterocycles. The van der Waals surface area contributed by atoms with Gasteiger partial charge < -0.3 is 30.2 Å². The van der Waals surface area contributed by atoms with Gasteiger partial charge in [-0.15, -0.1) is 23.1 Å². The number of methoxy groups -OCH3 is 3. The van der Waals surface area contributed by atoms with Gasteiger partial charge in [0.05, 0.1) is 31.9 Å². The largest absolute Gasteiger partial charge is 0.496 e. The summed E-state index contributed by atoms with van der Waals surface area (Å²) in [6.07, 6.45) is 1.48. The second-order valence-corrected chi connectivity index (χ2v) is 14.1. The number of hydrogen-bond donors (Lipinski definition) is 3. The van der Waals surface area contributed by atoms with Crippen LogP contribution in [-0.4, -0.2) is 49.0 Å². The molecule has 1 atom stereocenters. The number of nitro benzene ring substituents is 1. The highest BCUT2D eigenvalue weighted by Gasteiger charge is 2.24. The summed E-state index contributed by atoms with van der Waals surface area (Å²) in [5, 5.41) is 21.1. The van der Waals surface area contributed by atoms with Gasteiger partial charge in [-0.2, -0.15) is 0 Å². The van der Waals surface area contributed by atoms with Crippen molar-refractivity contribution in [3.63, 3.8) is 0 Å². The van der Waals surface area contributed by atoms with E-state index < -0.39 is 22.0 Å². The molecule has 0 saturated heterocycles. The maximum atomic E-state index is 14.0. The lowest BCUT2D eigenvalue weighted by molar-refractivity contribution is -0.384. The first kappa shape index (κ1) is 39.7. The summed E-state index contributed by atoms with van der Waals surface area (Å²) in [5.74, 6) is -0.307. The molecule has 3 amide bonds. The molecule has 0 radical (unpaired) electrons. The molecule has 1 unspecified atom stereocenters. The molecule has 0 saturated carbocycles. The summed E-state index contributed by atoms with van der Waals surface area (Å²) in [7, 11) is 4.45. The average Bonchev–Trinajstić information content (AvgIpc) is 3.71. The first-order valence-electron chi connectivity index (χ1n) is 17.2. The number of hydrogen-bond acceptors (Lipinski definition) is 11. The number of non-ortho nitro benzene ring substituents is 1. The molecule has 1 heterocycles. The summed E-state index contributed by atoms with van der Waals surface area (Å²) in [6.45, 7) is 0. The van der Waals surface area contributed by atoms with Crippen molar-refractivity contribution in [3.8, 4) is 28.5 Å². The number of carbonyl (C=O) groups excluding carboxylic acids is 3. The molecule has 1 aromatic heterocycles. The molecule has 3 N–H and O–H groups in total. The van der Waals surface area contributed by atoms with Crippen molar-refractivity contribution in [2.75, 3.05) is 32.0 Å². The molecule has 288 valence electrons. The first-order chi connectivity index (χ1) is 27.6. The fraction of sp³-hybridized carbons (Fsp3) is 0.0952. The van der Waals surface area contributed by atoms with E-state index in [9.17, 15) is 24.5 Å². The predicted molar refractivity (Wildman–Crippen MR) is 221 cm³/mol. The van der Waals surface area contributed by atoms with Gasteiger partial charge >= 0.3 is 0 Å². The summed E-state index contributed by atoms with van der Waals surface area (Å²) < 4.78 is 16.4. The van der Waals surface area contributed by atoms with E-state index in [1.165, 1.54) is 62.6 Å². The van der Waals surface area contributed by atoms with E-state index >= 15 is 0 Å². The molecule has 0 bridgehead atoms. The van der Waals surface area contributed by atoms with Crippen molar-refractivity contribution in [2.45, 2.75) is 10.1 Å². The SMILES string of the molecule is COc1cc(OC)c(OC)cc1/C=C(/NC(=O)c1ccccc1)C(=O)Nc1cccc(SC(C(=O)Nc2nc(-c3cccc([N+](=O)[O-])c3)cs2)c2ccccc2)c1. The smallest absolute Gasteiger partial charge is 0.272 e. The van der Waals surface area contributed by atoms with Crippen LogP contribution in [0.1, 0.15) is 26.7 Å². The Morgan fingerprint density at radius 2 is 1.47 bits per heavy atom. The molecule has 0 aliphatic rings. The van der Waals surface area contributed by atoms with Gasteiger partial charge in [-0.25, -0.2) is 4.98 Å². The zero-order chi connectivity index (χ0) is 40.3. The van der Waals surface area contributed by atoms with E-state index in [4.69, 9.17) is 14.2 Å². The van der Waals surface area contributed by atoms with Crippen LogP contribution in [0.15, 0.2) is 137 Å². The Hall–Kier alpha value is -6.97. The van der Waals surface area contributed by atoms with E-state index in [2.05, 4.69) is 20.9 Å². The molecule has 0 aliphatic carbocycles. The monoisotopic (exact) mass is 801 g/mol. The van der Waals surface area contributed by atoms with Crippen LogP contribution >= 0.6 is 23.1 Å². The molecule has 57 heavy (non-hydrogen) atoms. The average molecular weight is 802 g/mol. The summed E-state index contributed by atoms with van der Waals surface area (Å²) in [6, 6.07) is 34.0. The Morgan fingerprint density at radius 1 is 0.789 bits per heavy atom. The number of anilines is 2. The number of nitrogens with one attached hydrogen (secondary N) is 3. The van der Waals surface area contributed by atoms with Gasteiger partial charge in [-0.05, 0) is 48.0 Å². The number of aromatic nitrogens is 1. The molecule has 0 spiro atoms. The first-order valence-corrected chi connectivity index (χ1v) is 18.9. The molecular formula is C42H35N5O8S2. The Bertz CT molecular complexity index is 2440. The highest BCUT2D eigenvalue weighted by molar-refractivity contribution is 8.00. The molecule has 0 fully saturated rings. The zero-order valence-electron chi connectivity index (χ0n) is 30.8. The molecule has 13 nitrogen and oxygen atoms in total. The van der Waals surface area contributed by atoms with Crippen LogP contribution in [0, 0.1) is 10.1 Å². The lowest BCUT2D eigenvalue weighted by atomic mass is 10.1. The minimum absolute atomic E-state index is 0.0626. The maximum Gasteiger partial charge on any atom is 0.272 e. The van der Waals surface area contributed by atoms with Crippen LogP contribution in [0.3, 0.4) is 0 Å². The van der Waals surface area contributed by atoms with Gasteiger partial charge in [0.2, 0.25) is 5.91 Å². The topological polar surface area (TPSA) is 171 Å². The summed E-state index contributed by atoms with van der Waals surface area (Å²) >= 11 is 2.46. The van der Waals surface area contributed by atoms with Crippen molar-refractivity contribution in [1.29, 1.82) is 0 Å². The highest BCUT2D eigenvalue weighted by Crippen LogP contribution is 2.39. The Balaban J connectivity index is 1.25. The van der Waals surface area contributed by atoms with Crippen molar-refractivity contribution in [2.24, 2.45) is 0 Å². The van der Waals surface area contributed by atoms with Crippen LogP contribution in [0.2, 0.25) is 0 Å². The third-order valence-corrected chi connectivity index (χ3v) is 10.3. The van der Waals surface area contributed by atoms with E-state index in [1.807, 2.05) is 36.4 Å². The van der Waals surface area contributed by atoms with Gasteiger partial charge in [0.15, 0.2) is 16.6 Å². The number of amides is 3. The molecular weight excluding hydrogens is 767 g/mol. The molecule has 15 heteroatoms. The van der Waals surface area contributed by atoms with Crippen LogP contribution in [0.5, 0.6) is 17.2 Å². The number of benzene rings is 5. The maximum absolute atomic E-state index is 14.0. The lowest BCUT2D eigenvalue weighted by Crippen LogP contribution is -2.30. The van der Waals surface area contributed by atoms with Crippen LogP contribution < -0.4 is 30.2 Å². The second kappa shape index (κ2) is 18.6. The Morgan fingerprint density at radius 3 is 2.18 bits per heavy atom. The number of thioether (sulfide) groups is 1. The van der Waals surface area contributed by atoms with E-state index in [0.29, 0.717) is 55.3 Å². The molecule has 5 aromatic carbocycles. The number of rotatable bonds is 15. The zero-order valence-corrected chi connectivity index (χ0v) is 32.4. The number of nitrogens with zero attached hydrogens (tertiary/aromatic N) is 2. The van der Waals surface area contributed by atoms with Gasteiger partial charge in [-0.1, -0.05) is 66.7 Å². The highest BCUT2D eigenvalue weighted by atomic mass is 32.2. The van der Waals surface area contributed by atoms with Gasteiger partial charge in [0.1, 0.15) is 16.7 Å². The van der Waals surface area contributed by atoms with Crippen molar-refractivity contribution in [1.82, 2.24) is 10.3 Å². The van der Waals surface area contributed by atoms with Crippen molar-refractivity contribution >= 4 is 63.4 Å². The van der Waals surface area contributed by atoms with Crippen LogP contribution in [0.25, 0.3) is 17.3 Å². The number of ether oxygens (including phenoxy) is 3. The predicted octanol–water partition coefficient (Wildman–Crippen LogP) is 8.63. The summed E-state index contributed by atoms with van der Waals surface area (Å²) in [4.78, 5) is 57.2. The van der Waals surface area contributed by atoms with E-state index in [-0.39, 0.29) is 17.3 Å². The number of nitro groups is 1. The van der Waals surface area contributed by atoms with Gasteiger partial charge in [0.25, 0.3) is 17.5 Å². The van der Waals surface area contributed by atoms with E-state index in [1.54, 1.807) is 78.2 Å². The third-order valence-electron chi connectivity index (χ3n) is 8.34. The van der Waals surface area contributed by atoms with Gasteiger partial charge in [-0.3, -0.25) is 24.5 Å². The Labute approximate surface area is 335 Å². The number of carbonyl (C=O) groups is 3. The molecule has 6 rings (SSSR count). The second-order valence-electron chi connectivity index (χ2n) is 12.1. The lowest BCUT2D eigenvalue weighted by Gasteiger charge is -2.17. The third kappa shape index (κ3) is 10.0. The summed E-state index contributed by atoms with van der Waals surface area (Å²) in [5.41, 5.74) is 2.80. The standard InChI is InChI=1S/C42H35N5O8S2/c1-53-35-24-37(55-3)36(54-2)22-29(35)21-33(44-39(48)27-14-8-5-9-15-27)40(49)43-30-17-11-19-32(23-30)57-38(26-12-6-4-7-13-26)41(50)46-42-45-34(25-56-42)28-16-10-18-31(20-28)47(51)52/h4-25,38H,1-3H3,(H,43,49)(H,44,48)(H,45,46,50)/b33-21+. The van der Waals surface area contributed by atoms with Crippen molar-refractivity contribution in [3.05, 3.63) is 159 Å². The fourth-order valence-electron chi connectivity index (χ4n) is 5.56. The van der Waals surface area contributed by atoms with Crippen molar-refractivity contribution < 1.29 is 33.5 Å². The quantitative estimate of drug-likeness (QED) is 0.0395. The van der Waals surface area contributed by atoms with E-state index in [0.717, 1.165) is 5.56 Å². The fourth-order valence-corrected chi connectivity index (χ4v) is 7.37. The number of thiazole rings is 1. The molecule has 6 aromatic rings. The van der Waals surface area contributed by atoms with Crippen LogP contribution in [0.4, 0.5) is 16.5 Å².